The van der Waals surface area contributed by atoms with Crippen LogP contribution in [0.15, 0.2) is 42.5 Å². The fourth-order valence-corrected chi connectivity index (χ4v) is 2.40. The Bertz CT molecular complexity index is 680. The second-order valence-electron chi connectivity index (χ2n) is 5.93. The molecule has 2 aromatic carbocycles. The molecule has 1 unspecified atom stereocenters. The number of carbonyl (C=O) groups is 1. The summed E-state index contributed by atoms with van der Waals surface area (Å²) in [5.41, 5.74) is 2.95. The van der Waals surface area contributed by atoms with Crippen molar-refractivity contribution < 1.29 is 13.9 Å². The van der Waals surface area contributed by atoms with Crippen molar-refractivity contribution in [3.05, 3.63) is 59.4 Å². The van der Waals surface area contributed by atoms with Gasteiger partial charge in [-0.25, -0.2) is 4.39 Å². The summed E-state index contributed by atoms with van der Waals surface area (Å²) < 4.78 is 18.6. The molecule has 0 saturated heterocycles. The van der Waals surface area contributed by atoms with Crippen LogP contribution in [0.3, 0.4) is 0 Å². The van der Waals surface area contributed by atoms with Gasteiger partial charge in [-0.1, -0.05) is 19.9 Å². The van der Waals surface area contributed by atoms with Crippen molar-refractivity contribution in [1.82, 2.24) is 0 Å². The first kappa shape index (κ1) is 17.0. The second kappa shape index (κ2) is 7.27. The summed E-state index contributed by atoms with van der Waals surface area (Å²) in [7, 11) is 0. The van der Waals surface area contributed by atoms with Gasteiger partial charge in [0, 0.05) is 5.69 Å². The number of ether oxygens (including phenoxy) is 1. The van der Waals surface area contributed by atoms with Crippen LogP contribution >= 0.6 is 0 Å². The van der Waals surface area contributed by atoms with E-state index in [1.54, 1.807) is 6.92 Å². The molecule has 3 nitrogen and oxygen atoms in total. The number of rotatable bonds is 5. The van der Waals surface area contributed by atoms with Gasteiger partial charge in [0.2, 0.25) is 0 Å². The Hall–Kier alpha value is -2.36. The van der Waals surface area contributed by atoms with E-state index in [0.717, 1.165) is 5.56 Å². The van der Waals surface area contributed by atoms with Crippen LogP contribution in [-0.2, 0) is 4.79 Å². The molecule has 2 aromatic rings. The molecule has 0 radical (unpaired) electrons. The van der Waals surface area contributed by atoms with E-state index >= 15 is 0 Å². The fraction of sp³-hybridized carbons (Fsp3) is 0.316. The molecule has 0 spiro atoms. The highest BCUT2D eigenvalue weighted by Gasteiger charge is 2.15. The number of anilines is 1. The molecule has 1 atom stereocenters. The molecular formula is C19H22FNO2. The van der Waals surface area contributed by atoms with E-state index in [1.807, 2.05) is 25.1 Å². The van der Waals surface area contributed by atoms with Gasteiger partial charge in [-0.05, 0) is 67.3 Å². The minimum absolute atomic E-state index is 0.276. The van der Waals surface area contributed by atoms with Gasteiger partial charge in [0.15, 0.2) is 6.10 Å². The summed E-state index contributed by atoms with van der Waals surface area (Å²) >= 11 is 0. The van der Waals surface area contributed by atoms with Crippen molar-refractivity contribution in [1.29, 1.82) is 0 Å². The predicted octanol–water partition coefficient (Wildman–Crippen LogP) is 4.66. The minimum Gasteiger partial charge on any atom is -0.481 e. The third-order valence-electron chi connectivity index (χ3n) is 3.66. The Balaban J connectivity index is 2.00. The van der Waals surface area contributed by atoms with E-state index in [-0.39, 0.29) is 11.7 Å². The monoisotopic (exact) mass is 315 g/mol. The summed E-state index contributed by atoms with van der Waals surface area (Å²) in [6.45, 7) is 8.00. The van der Waals surface area contributed by atoms with Crippen molar-refractivity contribution in [3.8, 4) is 5.75 Å². The molecule has 0 saturated carbocycles. The van der Waals surface area contributed by atoms with Gasteiger partial charge < -0.3 is 10.1 Å². The summed E-state index contributed by atoms with van der Waals surface area (Å²) in [4.78, 5) is 12.1. The van der Waals surface area contributed by atoms with Crippen LogP contribution in [0.5, 0.6) is 5.75 Å². The van der Waals surface area contributed by atoms with Gasteiger partial charge in [-0.2, -0.15) is 0 Å². The van der Waals surface area contributed by atoms with Crippen LogP contribution in [0.4, 0.5) is 10.1 Å². The number of amides is 1. The molecule has 1 N–H and O–H groups in total. The lowest BCUT2D eigenvalue weighted by molar-refractivity contribution is -0.122. The highest BCUT2D eigenvalue weighted by Crippen LogP contribution is 2.24. The molecule has 0 aliphatic heterocycles. The SMILES string of the molecule is Cc1cc(OC(C)C(=O)Nc2ccc(F)cc2)ccc1C(C)C. The highest BCUT2D eigenvalue weighted by atomic mass is 19.1. The van der Waals surface area contributed by atoms with Crippen molar-refractivity contribution in [2.75, 3.05) is 5.32 Å². The highest BCUT2D eigenvalue weighted by molar-refractivity contribution is 5.94. The Morgan fingerprint density at radius 2 is 1.74 bits per heavy atom. The smallest absolute Gasteiger partial charge is 0.265 e. The molecular weight excluding hydrogens is 293 g/mol. The molecule has 0 bridgehead atoms. The van der Waals surface area contributed by atoms with Gasteiger partial charge in [0.1, 0.15) is 11.6 Å². The molecule has 122 valence electrons. The summed E-state index contributed by atoms with van der Waals surface area (Å²) in [6, 6.07) is 11.5. The zero-order valence-corrected chi connectivity index (χ0v) is 13.9. The van der Waals surface area contributed by atoms with Gasteiger partial charge in [-0.15, -0.1) is 0 Å². The Labute approximate surface area is 136 Å². The minimum atomic E-state index is -0.649. The molecule has 0 aliphatic rings. The molecule has 1 amide bonds. The normalized spacial score (nSPS) is 12.1. The predicted molar refractivity (Wildman–Crippen MR) is 90.4 cm³/mol. The first-order chi connectivity index (χ1) is 10.9. The van der Waals surface area contributed by atoms with Gasteiger partial charge in [0.25, 0.3) is 5.91 Å². The van der Waals surface area contributed by atoms with E-state index in [4.69, 9.17) is 4.74 Å². The van der Waals surface area contributed by atoms with E-state index < -0.39 is 6.10 Å². The Morgan fingerprint density at radius 1 is 1.09 bits per heavy atom. The molecule has 0 aliphatic carbocycles. The second-order valence-corrected chi connectivity index (χ2v) is 5.93. The molecule has 23 heavy (non-hydrogen) atoms. The average molecular weight is 315 g/mol. The molecule has 0 aromatic heterocycles. The first-order valence-electron chi connectivity index (χ1n) is 7.70. The van der Waals surface area contributed by atoms with Crippen LogP contribution in [0.2, 0.25) is 0 Å². The molecule has 0 heterocycles. The van der Waals surface area contributed by atoms with Crippen LogP contribution < -0.4 is 10.1 Å². The third kappa shape index (κ3) is 4.55. The maximum absolute atomic E-state index is 12.9. The Kier molecular flexibility index (Phi) is 5.37. The molecule has 0 fully saturated rings. The maximum atomic E-state index is 12.9. The first-order valence-corrected chi connectivity index (χ1v) is 7.70. The number of hydrogen-bond donors (Lipinski definition) is 1. The zero-order valence-electron chi connectivity index (χ0n) is 13.9. The maximum Gasteiger partial charge on any atom is 0.265 e. The van der Waals surface area contributed by atoms with Crippen molar-refractivity contribution in [3.63, 3.8) is 0 Å². The van der Waals surface area contributed by atoms with Crippen LogP contribution in [0.1, 0.15) is 37.8 Å². The summed E-state index contributed by atoms with van der Waals surface area (Å²) in [5, 5.41) is 2.70. The quantitative estimate of drug-likeness (QED) is 0.871. The number of carbonyl (C=O) groups excluding carboxylic acids is 1. The summed E-state index contributed by atoms with van der Waals surface area (Å²) in [6.07, 6.45) is -0.649. The molecule has 4 heteroatoms. The topological polar surface area (TPSA) is 38.3 Å². The van der Waals surface area contributed by atoms with Crippen molar-refractivity contribution in [2.45, 2.75) is 39.7 Å². The standard InChI is InChI=1S/C19H22FNO2/c1-12(2)18-10-9-17(11-13(18)3)23-14(4)19(22)21-16-7-5-15(20)6-8-16/h5-12,14H,1-4H3,(H,21,22). The van der Waals surface area contributed by atoms with E-state index in [1.165, 1.54) is 29.8 Å². The average Bonchev–Trinajstić information content (AvgIpc) is 2.49. The number of halogens is 1. The number of hydrogen-bond acceptors (Lipinski definition) is 2. The van der Waals surface area contributed by atoms with E-state index in [0.29, 0.717) is 17.4 Å². The van der Waals surface area contributed by atoms with E-state index in [2.05, 4.69) is 19.2 Å². The largest absolute Gasteiger partial charge is 0.481 e. The number of aryl methyl sites for hydroxylation is 1. The lowest BCUT2D eigenvalue weighted by atomic mass is 9.98. The van der Waals surface area contributed by atoms with Crippen molar-refractivity contribution in [2.24, 2.45) is 0 Å². The Morgan fingerprint density at radius 3 is 2.30 bits per heavy atom. The molecule has 2 rings (SSSR count). The zero-order chi connectivity index (χ0) is 17.0. The van der Waals surface area contributed by atoms with Crippen LogP contribution in [-0.4, -0.2) is 12.0 Å². The van der Waals surface area contributed by atoms with E-state index in [9.17, 15) is 9.18 Å². The summed E-state index contributed by atoms with van der Waals surface area (Å²) in [5.74, 6) is 0.493. The van der Waals surface area contributed by atoms with Crippen LogP contribution in [0, 0.1) is 12.7 Å². The van der Waals surface area contributed by atoms with Gasteiger partial charge in [0.05, 0.1) is 0 Å². The lowest BCUT2D eigenvalue weighted by Gasteiger charge is -2.17. The lowest BCUT2D eigenvalue weighted by Crippen LogP contribution is -2.30. The van der Waals surface area contributed by atoms with Crippen molar-refractivity contribution >= 4 is 11.6 Å². The fourth-order valence-electron chi connectivity index (χ4n) is 2.40. The van der Waals surface area contributed by atoms with Crippen LogP contribution in [0.25, 0.3) is 0 Å². The number of benzene rings is 2. The van der Waals surface area contributed by atoms with Gasteiger partial charge >= 0.3 is 0 Å². The number of nitrogens with one attached hydrogen (secondary N) is 1. The van der Waals surface area contributed by atoms with Gasteiger partial charge in [-0.3, -0.25) is 4.79 Å². The third-order valence-corrected chi connectivity index (χ3v) is 3.66.